The first kappa shape index (κ1) is 27.1. The summed E-state index contributed by atoms with van der Waals surface area (Å²) in [5.74, 6) is 1.33. The molecule has 36 heavy (non-hydrogen) atoms. The lowest BCUT2D eigenvalue weighted by Gasteiger charge is -2.21. The largest absolute Gasteiger partial charge is 0.484 e. The molecule has 0 radical (unpaired) electrons. The number of nitro groups is 2. The van der Waals surface area contributed by atoms with E-state index in [0.717, 1.165) is 28.5 Å². The van der Waals surface area contributed by atoms with Crippen LogP contribution in [0, 0.1) is 61.8 Å². The number of hydrogen-bond donors (Lipinski definition) is 1. The fraction of sp³-hybridized carbons (Fsp3) is 0.500. The van der Waals surface area contributed by atoms with E-state index >= 15 is 0 Å². The predicted octanol–water partition coefficient (Wildman–Crippen LogP) is 4.62. The SMILES string of the molecule is Cc1c(C)c([N+](=O)[O-])c(C)c2c1OC(C)(C=O)C2.Cc1c(C)c([N+](=O)[O-])c(C)c2c1OC(C)(CO)C2. The molecule has 0 fully saturated rings. The van der Waals surface area contributed by atoms with Gasteiger partial charge in [0.1, 0.15) is 17.1 Å². The monoisotopic (exact) mass is 500 g/mol. The van der Waals surface area contributed by atoms with Crippen molar-refractivity contribution in [2.24, 2.45) is 0 Å². The van der Waals surface area contributed by atoms with Crippen molar-refractivity contribution >= 4 is 17.7 Å². The second-order valence-corrected chi connectivity index (χ2v) is 10.2. The predicted molar refractivity (Wildman–Crippen MR) is 133 cm³/mol. The van der Waals surface area contributed by atoms with Crippen molar-refractivity contribution < 1.29 is 29.2 Å². The summed E-state index contributed by atoms with van der Waals surface area (Å²) in [6.45, 7) is 13.9. The summed E-state index contributed by atoms with van der Waals surface area (Å²) in [5.41, 5.74) is 4.37. The van der Waals surface area contributed by atoms with Crippen LogP contribution in [0.25, 0.3) is 0 Å². The standard InChI is InChI=1S/C13H17NO4.C13H15NO4/c2*1-7-8(2)12-10(5-13(4,6-15)18-12)9(3)11(7)14(16)17/h15H,5-6H2,1-4H3;6H,5H2,1-4H3. The second-order valence-electron chi connectivity index (χ2n) is 10.2. The molecule has 2 aromatic carbocycles. The van der Waals surface area contributed by atoms with E-state index in [4.69, 9.17) is 9.47 Å². The Labute approximate surface area is 209 Å². The average Bonchev–Trinajstić information content (AvgIpc) is 3.36. The van der Waals surface area contributed by atoms with Crippen LogP contribution in [0.5, 0.6) is 11.5 Å². The highest BCUT2D eigenvalue weighted by atomic mass is 16.6. The van der Waals surface area contributed by atoms with E-state index in [0.29, 0.717) is 46.6 Å². The minimum Gasteiger partial charge on any atom is -0.484 e. The number of nitrogens with zero attached hydrogens (tertiary/aromatic N) is 2. The van der Waals surface area contributed by atoms with Crippen molar-refractivity contribution in [2.45, 2.75) is 79.4 Å². The van der Waals surface area contributed by atoms with Crippen LogP contribution in [-0.2, 0) is 17.6 Å². The summed E-state index contributed by atoms with van der Waals surface area (Å²) in [5, 5.41) is 31.6. The van der Waals surface area contributed by atoms with Crippen LogP contribution < -0.4 is 9.47 Å². The Kier molecular flexibility index (Phi) is 6.89. The van der Waals surface area contributed by atoms with Gasteiger partial charge in [0, 0.05) is 57.3 Å². The lowest BCUT2D eigenvalue weighted by Crippen LogP contribution is -2.34. The van der Waals surface area contributed by atoms with Gasteiger partial charge in [-0.25, -0.2) is 0 Å². The molecule has 2 atom stereocenters. The van der Waals surface area contributed by atoms with Crippen LogP contribution in [0.2, 0.25) is 0 Å². The number of aliphatic hydroxyl groups is 1. The van der Waals surface area contributed by atoms with Crippen LogP contribution in [-0.4, -0.2) is 39.0 Å². The van der Waals surface area contributed by atoms with E-state index in [1.165, 1.54) is 0 Å². The number of nitro benzene ring substituents is 2. The third-order valence-corrected chi connectivity index (χ3v) is 7.39. The third-order valence-electron chi connectivity index (χ3n) is 7.39. The molecular formula is C26H32N2O8. The minimum atomic E-state index is -0.903. The Morgan fingerprint density at radius 3 is 1.58 bits per heavy atom. The van der Waals surface area contributed by atoms with Gasteiger partial charge < -0.3 is 14.6 Å². The second kappa shape index (κ2) is 9.16. The van der Waals surface area contributed by atoms with E-state index in [1.54, 1.807) is 41.5 Å². The molecule has 0 bridgehead atoms. The average molecular weight is 501 g/mol. The maximum absolute atomic E-state index is 11.1. The molecule has 0 aromatic heterocycles. The van der Waals surface area contributed by atoms with Crippen LogP contribution in [0.4, 0.5) is 11.4 Å². The number of fused-ring (bicyclic) bond motifs is 2. The summed E-state index contributed by atoms with van der Waals surface area (Å²) in [7, 11) is 0. The molecule has 10 heteroatoms. The van der Waals surface area contributed by atoms with E-state index in [1.807, 2.05) is 13.8 Å². The number of aldehydes is 1. The molecule has 10 nitrogen and oxygen atoms in total. The summed E-state index contributed by atoms with van der Waals surface area (Å²) in [4.78, 5) is 32.6. The van der Waals surface area contributed by atoms with Gasteiger partial charge in [-0.1, -0.05) is 0 Å². The lowest BCUT2D eigenvalue weighted by atomic mass is 9.92. The van der Waals surface area contributed by atoms with Crippen molar-refractivity contribution in [1.82, 2.24) is 0 Å². The highest BCUT2D eigenvalue weighted by molar-refractivity contribution is 5.71. The Morgan fingerprint density at radius 1 is 0.778 bits per heavy atom. The fourth-order valence-corrected chi connectivity index (χ4v) is 5.02. The van der Waals surface area contributed by atoms with Crippen molar-refractivity contribution in [3.05, 3.63) is 64.7 Å². The molecule has 2 aliphatic heterocycles. The molecule has 4 rings (SSSR count). The van der Waals surface area contributed by atoms with Crippen LogP contribution in [0.15, 0.2) is 0 Å². The van der Waals surface area contributed by atoms with Gasteiger partial charge in [0.2, 0.25) is 0 Å². The maximum atomic E-state index is 11.1. The first-order chi connectivity index (χ1) is 16.6. The Morgan fingerprint density at radius 2 is 1.19 bits per heavy atom. The van der Waals surface area contributed by atoms with Crippen molar-refractivity contribution in [1.29, 1.82) is 0 Å². The molecule has 2 aliphatic rings. The molecule has 194 valence electrons. The van der Waals surface area contributed by atoms with Gasteiger partial charge in [-0.3, -0.25) is 25.0 Å². The number of ether oxygens (including phenoxy) is 2. The van der Waals surface area contributed by atoms with Gasteiger partial charge in [0.15, 0.2) is 11.9 Å². The first-order valence-corrected chi connectivity index (χ1v) is 11.6. The zero-order valence-corrected chi connectivity index (χ0v) is 21.9. The molecule has 2 heterocycles. The van der Waals surface area contributed by atoms with E-state index in [-0.39, 0.29) is 27.8 Å². The van der Waals surface area contributed by atoms with E-state index < -0.39 is 11.2 Å². The Balaban J connectivity index is 0.000000201. The van der Waals surface area contributed by atoms with E-state index in [9.17, 15) is 30.1 Å². The maximum Gasteiger partial charge on any atom is 0.275 e. The molecule has 1 N–H and O–H groups in total. The van der Waals surface area contributed by atoms with Gasteiger partial charge in [0.25, 0.3) is 11.4 Å². The zero-order valence-electron chi connectivity index (χ0n) is 21.9. The summed E-state index contributed by atoms with van der Waals surface area (Å²) in [6, 6.07) is 0. The molecule has 0 aliphatic carbocycles. The molecule has 0 spiro atoms. The molecule has 2 aromatic rings. The lowest BCUT2D eigenvalue weighted by molar-refractivity contribution is -0.386. The van der Waals surface area contributed by atoms with Gasteiger partial charge >= 0.3 is 0 Å². The molecular weight excluding hydrogens is 468 g/mol. The molecule has 0 saturated carbocycles. The minimum absolute atomic E-state index is 0.104. The highest BCUT2D eigenvalue weighted by Crippen LogP contribution is 2.46. The number of benzene rings is 2. The molecule has 0 saturated heterocycles. The normalized spacial score (nSPS) is 21.5. The van der Waals surface area contributed by atoms with Crippen LogP contribution in [0.3, 0.4) is 0 Å². The van der Waals surface area contributed by atoms with Gasteiger partial charge in [-0.15, -0.1) is 0 Å². The molecule has 2 unspecified atom stereocenters. The van der Waals surface area contributed by atoms with Gasteiger partial charge in [-0.05, 0) is 55.4 Å². The highest BCUT2D eigenvalue weighted by Gasteiger charge is 2.40. The summed E-state index contributed by atoms with van der Waals surface area (Å²) >= 11 is 0. The number of hydrogen-bond acceptors (Lipinski definition) is 8. The topological polar surface area (TPSA) is 142 Å². The Hall–Kier alpha value is -3.53. The van der Waals surface area contributed by atoms with E-state index in [2.05, 4.69) is 0 Å². The quantitative estimate of drug-likeness (QED) is 0.364. The van der Waals surface area contributed by atoms with Gasteiger partial charge in [0.05, 0.1) is 16.5 Å². The molecule has 0 amide bonds. The van der Waals surface area contributed by atoms with Crippen molar-refractivity contribution in [2.75, 3.05) is 6.61 Å². The van der Waals surface area contributed by atoms with Crippen molar-refractivity contribution in [3.8, 4) is 11.5 Å². The number of carbonyl (C=O) groups excluding carboxylic acids is 1. The third kappa shape index (κ3) is 4.30. The Bertz CT molecular complexity index is 1300. The van der Waals surface area contributed by atoms with Gasteiger partial charge in [-0.2, -0.15) is 0 Å². The number of aliphatic hydroxyl groups excluding tert-OH is 1. The first-order valence-electron chi connectivity index (χ1n) is 11.6. The summed E-state index contributed by atoms with van der Waals surface area (Å²) in [6.07, 6.45) is 1.65. The number of carbonyl (C=O) groups is 1. The smallest absolute Gasteiger partial charge is 0.275 e. The van der Waals surface area contributed by atoms with Crippen LogP contribution in [0.1, 0.15) is 58.4 Å². The van der Waals surface area contributed by atoms with Crippen molar-refractivity contribution in [3.63, 3.8) is 0 Å². The van der Waals surface area contributed by atoms with Crippen LogP contribution >= 0.6 is 0 Å². The number of rotatable bonds is 4. The summed E-state index contributed by atoms with van der Waals surface area (Å²) < 4.78 is 11.5. The fourth-order valence-electron chi connectivity index (χ4n) is 5.02. The zero-order chi connectivity index (χ0) is 27.3.